The molecular weight excluding hydrogens is 690 g/mol. The Bertz CT molecular complexity index is 822. The largest absolute Gasteiger partial charge is 0.872 e. The average Bonchev–Trinajstić information content (AvgIpc) is 2.93. The van der Waals surface area contributed by atoms with Crippen LogP contribution in [0.4, 0.5) is 0 Å². The van der Waals surface area contributed by atoms with Gasteiger partial charge < -0.3 is 20.4 Å². The van der Waals surface area contributed by atoms with Gasteiger partial charge in [-0.15, -0.1) is 11.5 Å². The van der Waals surface area contributed by atoms with Gasteiger partial charge in [-0.25, -0.2) is 0 Å². The first kappa shape index (κ1) is 36.6. The van der Waals surface area contributed by atoms with Gasteiger partial charge in [-0.1, -0.05) is 48.5 Å². The fraction of sp³-hybridized carbons (Fsp3) is 0.533. The summed E-state index contributed by atoms with van der Waals surface area (Å²) in [7, 11) is 0. The summed E-state index contributed by atoms with van der Waals surface area (Å²) in [5.41, 5.74) is -0.362. The summed E-state index contributed by atoms with van der Waals surface area (Å²) < 4.78 is 6.50. The number of rotatable bonds is 15. The molecule has 0 heterocycles. The van der Waals surface area contributed by atoms with Crippen molar-refractivity contribution >= 4 is 54.1 Å². The van der Waals surface area contributed by atoms with Crippen LogP contribution in [0.2, 0.25) is 17.7 Å². The van der Waals surface area contributed by atoms with E-state index in [-0.39, 0.29) is 53.4 Å². The van der Waals surface area contributed by atoms with Crippen molar-refractivity contribution in [3.05, 3.63) is 59.7 Å². The summed E-state index contributed by atoms with van der Waals surface area (Å²) in [5, 5.41) is 52.3. The molecule has 2 aromatic carbocycles. The maximum atomic E-state index is 11.6. The van der Waals surface area contributed by atoms with Gasteiger partial charge in [-0.3, -0.25) is 0 Å². The molecule has 0 unspecified atom stereocenters. The van der Waals surface area contributed by atoms with Crippen molar-refractivity contribution in [3.8, 4) is 11.5 Å². The van der Waals surface area contributed by atoms with Gasteiger partial charge in [-0.2, -0.15) is 10.2 Å². The van der Waals surface area contributed by atoms with Crippen molar-refractivity contribution in [2.75, 3.05) is 0 Å². The van der Waals surface area contributed by atoms with Crippen molar-refractivity contribution in [1.82, 2.24) is 0 Å². The van der Waals surface area contributed by atoms with E-state index < -0.39 is 23.3 Å². The van der Waals surface area contributed by atoms with Crippen molar-refractivity contribution < 1.29 is 20.4 Å². The fourth-order valence-corrected chi connectivity index (χ4v) is 11.3. The molecule has 0 spiro atoms. The summed E-state index contributed by atoms with van der Waals surface area (Å²) in [6.45, 7) is 9.16. The number of benzene rings is 2. The maximum absolute atomic E-state index is 11.6. The Labute approximate surface area is 251 Å². The molecule has 0 bridgehead atoms. The van der Waals surface area contributed by atoms with Crippen LogP contribution >= 0.6 is 0 Å². The zero-order valence-corrected chi connectivity index (χ0v) is 29.3. The molecule has 8 heteroatoms. The molecule has 206 valence electrons. The minimum Gasteiger partial charge on any atom is -0.872 e. The normalized spacial score (nSPS) is 10.8. The minimum atomic E-state index is -0.924. The third-order valence-corrected chi connectivity index (χ3v) is 13.4. The van der Waals surface area contributed by atoms with E-state index in [2.05, 4.69) is 37.9 Å². The number of para-hydroxylation sites is 2. The van der Waals surface area contributed by atoms with Crippen LogP contribution in [0.5, 0.6) is 11.5 Å². The van der Waals surface area contributed by atoms with Crippen LogP contribution in [-0.2, 0) is 0 Å². The first-order valence-electron chi connectivity index (χ1n) is 13.9. The van der Waals surface area contributed by atoms with Gasteiger partial charge in [0.05, 0.1) is 0 Å². The van der Waals surface area contributed by atoms with Crippen LogP contribution < -0.4 is 20.4 Å². The van der Waals surface area contributed by atoms with Crippen molar-refractivity contribution in [1.29, 1.82) is 0 Å². The van der Waals surface area contributed by atoms with Crippen molar-refractivity contribution in [2.24, 2.45) is 10.2 Å². The molecular formula is C30H44N2O4Sn2. The monoisotopic (exact) mass is 736 g/mol. The Kier molecular flexibility index (Phi) is 24.9. The second kappa shape index (κ2) is 25.8. The summed E-state index contributed by atoms with van der Waals surface area (Å²) >= 11 is 0.299. The van der Waals surface area contributed by atoms with E-state index in [0.717, 1.165) is 0 Å². The molecule has 0 amide bonds. The van der Waals surface area contributed by atoms with Gasteiger partial charge in [0, 0.05) is 11.8 Å². The smallest absolute Gasteiger partial charge is 0.0172 e. The van der Waals surface area contributed by atoms with Crippen molar-refractivity contribution in [2.45, 2.75) is 96.8 Å². The molecule has 0 fully saturated rings. The van der Waals surface area contributed by atoms with E-state index in [4.69, 9.17) is 0 Å². The van der Waals surface area contributed by atoms with Crippen LogP contribution in [0.25, 0.3) is 0 Å². The number of hydrogen-bond acceptors (Lipinski definition) is 6. The summed E-state index contributed by atoms with van der Waals surface area (Å²) in [6, 6.07) is 10.9. The topological polar surface area (TPSA) is 117 Å². The number of unbranched alkanes of at least 4 members (excludes halogenated alkanes) is 4. The van der Waals surface area contributed by atoms with Gasteiger partial charge in [0.25, 0.3) is 0 Å². The molecule has 0 aliphatic carbocycles. The predicted molar refractivity (Wildman–Crippen MR) is 155 cm³/mol. The Morgan fingerprint density at radius 1 is 0.553 bits per heavy atom. The molecule has 0 aliphatic rings. The van der Waals surface area contributed by atoms with E-state index in [0.29, 0.717) is 0 Å². The van der Waals surface area contributed by atoms with Crippen LogP contribution in [0.3, 0.4) is 0 Å². The fourth-order valence-electron chi connectivity index (χ4n) is 2.94. The van der Waals surface area contributed by atoms with Crippen LogP contribution in [0.1, 0.15) is 90.2 Å². The molecule has 0 N–H and O–H groups in total. The SMILES string of the molecule is CCC[CH2][Sn+2][CH2]CCC.CCC[CH2][Sn+2][CH2]CCC.[O-]/C(=N\N=C(\[O-])c1ccccc1[O-])c1ccccc1[O-]. The molecule has 0 aromatic heterocycles. The molecule has 0 radical (unpaired) electrons. The van der Waals surface area contributed by atoms with E-state index in [1.165, 1.54) is 99.9 Å². The number of hydrogen-bond donors (Lipinski definition) is 0. The van der Waals surface area contributed by atoms with Gasteiger partial charge >= 0.3 is 139 Å². The molecule has 0 atom stereocenters. The predicted octanol–water partition coefficient (Wildman–Crippen LogP) is 4.92. The zero-order chi connectivity index (χ0) is 28.4. The first-order chi connectivity index (χ1) is 18.4. The zero-order valence-electron chi connectivity index (χ0n) is 23.6. The van der Waals surface area contributed by atoms with Crippen LogP contribution in [0, 0.1) is 0 Å². The van der Waals surface area contributed by atoms with Gasteiger partial charge in [0.2, 0.25) is 0 Å². The van der Waals surface area contributed by atoms with Crippen LogP contribution in [-0.4, -0.2) is 54.1 Å². The first-order valence-corrected chi connectivity index (χ1v) is 21.9. The molecule has 0 saturated carbocycles. The van der Waals surface area contributed by atoms with Crippen LogP contribution in [0.15, 0.2) is 58.7 Å². The third-order valence-electron chi connectivity index (χ3n) is 5.30. The van der Waals surface area contributed by atoms with Gasteiger partial charge in [-0.05, 0) is 11.1 Å². The Hall–Kier alpha value is -1.42. The molecule has 0 saturated heterocycles. The Morgan fingerprint density at radius 3 is 1.11 bits per heavy atom. The Balaban J connectivity index is 0.000000636. The molecule has 0 aliphatic heterocycles. The van der Waals surface area contributed by atoms with Gasteiger partial charge in [0.1, 0.15) is 0 Å². The molecule has 2 rings (SSSR count). The van der Waals surface area contributed by atoms with E-state index in [1.807, 2.05) is 0 Å². The molecule has 38 heavy (non-hydrogen) atoms. The van der Waals surface area contributed by atoms with Gasteiger partial charge in [0.15, 0.2) is 0 Å². The standard InChI is InChI=1S/C14H12N2O4.4C4H9.2Sn/c17-11-7-3-1-5-9(11)13(19)15-16-14(20)10-6-2-4-8-12(10)18;4*1-3-4-2;;/h1-8,17-18H,(H,15,19)(H,16,20);4*1,3-4H2,2H3;;/q;;;;;2*+2/p-4. The third kappa shape index (κ3) is 18.8. The minimum absolute atomic E-state index is 0.149. The average molecular weight is 734 g/mol. The summed E-state index contributed by atoms with van der Waals surface area (Å²) in [6.07, 6.45) is 11.7. The number of nitrogens with zero attached hydrogens (tertiary/aromatic N) is 2. The van der Waals surface area contributed by atoms with E-state index in [1.54, 1.807) is 17.7 Å². The van der Waals surface area contributed by atoms with Crippen molar-refractivity contribution in [3.63, 3.8) is 0 Å². The maximum Gasteiger partial charge on any atom is 0.0172 e. The Morgan fingerprint density at radius 2 is 0.842 bits per heavy atom. The second-order valence-corrected chi connectivity index (χ2v) is 17.3. The summed E-state index contributed by atoms with van der Waals surface area (Å²) in [5.74, 6) is -2.86. The molecule has 6 nitrogen and oxygen atoms in total. The summed E-state index contributed by atoms with van der Waals surface area (Å²) in [4.78, 5) is 0. The quantitative estimate of drug-likeness (QED) is 0.0850. The van der Waals surface area contributed by atoms with E-state index in [9.17, 15) is 20.4 Å². The second-order valence-electron chi connectivity index (χ2n) is 8.72. The van der Waals surface area contributed by atoms with E-state index >= 15 is 0 Å². The molecule has 2 aromatic rings.